The summed E-state index contributed by atoms with van der Waals surface area (Å²) in [5, 5.41) is 119. The molecular formula is C43H85N11O21. The average Bonchev–Trinajstić information content (AvgIpc) is 3.38. The standard InChI is InChI=1S/C22H44N6O10.C21H41N5O11/c23-4-3-12(30)20(34)28-11-5-10(26)18(37-21-9(25)2-1-8(6-24)35-21)17(33)19(11)38-22-16(32)14(27)15(31)13(7-29)36-22;1-26-11-14(30)18-8(33-20(11)37-21-16(32)13(29)10(25)9(4-27)34-21)3-7(24)19(36-18)35-17-6(23)2-5(22)12(28)15(17)31/h8-19,21-22,29-33H,1-7,23-27H2,(H,28,34);5-21,26-32H,2-4,22-25H2,1H3/t8-,9+,10-,11+,12-,13+,14-,15+,16+,17-,18+,19-,21+,22+;5-,6+,7-,8+,9-,10-,11+,12+,13+,14-,15-,16-,17-,18+,19+,20-,21-/m01/s1. The van der Waals surface area contributed by atoms with Gasteiger partial charge in [0.15, 0.2) is 31.5 Å². The van der Waals surface area contributed by atoms with Crippen LogP contribution in [0.5, 0.6) is 0 Å². The smallest absolute Gasteiger partial charge is 0.249 e. The van der Waals surface area contributed by atoms with Gasteiger partial charge in [-0.2, -0.15) is 0 Å². The normalized spacial score (nSPS) is 49.9. The predicted molar refractivity (Wildman–Crippen MR) is 254 cm³/mol. The van der Waals surface area contributed by atoms with Crippen molar-refractivity contribution >= 4 is 5.91 Å². The number of ether oxygens (including phenoxy) is 9. The lowest BCUT2D eigenvalue weighted by Gasteiger charge is -2.51. The summed E-state index contributed by atoms with van der Waals surface area (Å²) in [7, 11) is 1.55. The van der Waals surface area contributed by atoms with Crippen LogP contribution in [0.2, 0.25) is 0 Å². The van der Waals surface area contributed by atoms with Crippen molar-refractivity contribution in [1.29, 1.82) is 0 Å². The van der Waals surface area contributed by atoms with Crippen LogP contribution in [-0.4, -0.2) is 285 Å². The molecule has 31 atom stereocenters. The lowest BCUT2D eigenvalue weighted by atomic mass is 9.83. The van der Waals surface area contributed by atoms with Crippen molar-refractivity contribution in [1.82, 2.24) is 10.6 Å². The third kappa shape index (κ3) is 14.2. The number of rotatable bonds is 16. The summed E-state index contributed by atoms with van der Waals surface area (Å²) in [5.41, 5.74) is 53.5. The Morgan fingerprint density at radius 3 is 1.79 bits per heavy atom. The van der Waals surface area contributed by atoms with Crippen LogP contribution in [0.1, 0.15) is 38.5 Å². The monoisotopic (exact) mass is 1090 g/mol. The lowest BCUT2D eigenvalue weighted by Crippen LogP contribution is -2.70. The van der Waals surface area contributed by atoms with E-state index in [1.165, 1.54) is 0 Å². The van der Waals surface area contributed by atoms with Crippen molar-refractivity contribution < 1.29 is 104 Å². The highest BCUT2D eigenvalue weighted by atomic mass is 16.8. The van der Waals surface area contributed by atoms with E-state index in [1.807, 2.05) is 0 Å². The minimum absolute atomic E-state index is 0.000983. The van der Waals surface area contributed by atoms with E-state index < -0.39 is 203 Å². The number of aliphatic hydroxyl groups is 11. The van der Waals surface area contributed by atoms with Gasteiger partial charge in [-0.15, -0.1) is 0 Å². The summed E-state index contributed by atoms with van der Waals surface area (Å²) >= 11 is 0. The Balaban J connectivity index is 0.000000244. The molecule has 0 aromatic heterocycles. The first-order valence-corrected chi connectivity index (χ1v) is 25.4. The quantitative estimate of drug-likeness (QED) is 0.0682. The van der Waals surface area contributed by atoms with Gasteiger partial charge in [0.2, 0.25) is 5.91 Å². The zero-order valence-corrected chi connectivity index (χ0v) is 41.7. The molecule has 0 unspecified atom stereocenters. The topological polar surface area (TPSA) is 581 Å². The number of fused-ring (bicyclic) bond motifs is 1. The Bertz CT molecular complexity index is 1750. The molecule has 75 heavy (non-hydrogen) atoms. The number of hydrogen-bond acceptors (Lipinski definition) is 31. The predicted octanol–water partition coefficient (Wildman–Crippen LogP) is -13.3. The van der Waals surface area contributed by atoms with E-state index in [2.05, 4.69) is 10.6 Å². The summed E-state index contributed by atoms with van der Waals surface area (Å²) in [6, 6.07) is -7.59. The van der Waals surface area contributed by atoms with Crippen molar-refractivity contribution in [3.05, 3.63) is 0 Å². The van der Waals surface area contributed by atoms with Gasteiger partial charge in [0, 0.05) is 24.7 Å². The molecule has 2 aliphatic carbocycles. The zero-order chi connectivity index (χ0) is 55.3. The molecule has 32 heteroatoms. The molecule has 0 aromatic carbocycles. The summed E-state index contributed by atoms with van der Waals surface area (Å²) in [6.45, 7) is -0.805. The van der Waals surface area contributed by atoms with Crippen LogP contribution >= 0.6 is 0 Å². The van der Waals surface area contributed by atoms with E-state index in [0.29, 0.717) is 12.8 Å². The van der Waals surface area contributed by atoms with E-state index in [-0.39, 0.29) is 44.9 Å². The van der Waals surface area contributed by atoms with Crippen LogP contribution < -0.4 is 62.2 Å². The van der Waals surface area contributed by atoms with E-state index in [4.69, 9.17) is 94.2 Å². The summed E-state index contributed by atoms with van der Waals surface area (Å²) in [5.74, 6) is -0.762. The van der Waals surface area contributed by atoms with Gasteiger partial charge in [0.05, 0.1) is 67.8 Å². The Labute approximate surface area is 432 Å². The second kappa shape index (κ2) is 27.6. The molecule has 5 heterocycles. The van der Waals surface area contributed by atoms with E-state index in [0.717, 1.165) is 0 Å². The second-order valence-electron chi connectivity index (χ2n) is 20.5. The van der Waals surface area contributed by atoms with Crippen LogP contribution in [0.4, 0.5) is 0 Å². The number of amides is 1. The largest absolute Gasteiger partial charge is 0.394 e. The summed E-state index contributed by atoms with van der Waals surface area (Å²) < 4.78 is 52.5. The molecule has 2 saturated carbocycles. The van der Waals surface area contributed by atoms with Gasteiger partial charge in [0.1, 0.15) is 85.5 Å². The second-order valence-corrected chi connectivity index (χ2v) is 20.5. The highest BCUT2D eigenvalue weighted by Crippen LogP contribution is 2.36. The molecular weight excluding hydrogens is 1010 g/mol. The van der Waals surface area contributed by atoms with Crippen molar-refractivity contribution in [2.45, 2.75) is 228 Å². The Morgan fingerprint density at radius 2 is 1.16 bits per heavy atom. The molecule has 0 spiro atoms. The number of hydrogen-bond donors (Lipinski definition) is 22. The highest BCUT2D eigenvalue weighted by molar-refractivity contribution is 5.80. The Kier molecular flexibility index (Phi) is 23.0. The van der Waals surface area contributed by atoms with Gasteiger partial charge in [-0.1, -0.05) is 0 Å². The maximum absolute atomic E-state index is 12.6. The molecule has 5 aliphatic heterocycles. The SMILES string of the molecule is CN[C@@H]1[C@@H](O[C@H]2O[C@H](CO)[C@@H](N)[C@H](O)[C@H]2O)O[C@H]2C[C@@H](N)[C@@H](O[C@H]3[C@H](O)[C@@H](O)[C@H](N)C[C@@H]3N)O[C@@H]2[C@@H]1O.NCC[C@H](O)C(=O)N[C@@H]1C[C@H](N)[C@@H](O[C@H]2O[C@H](CN)CC[C@H]2N)[C@H](O)[C@H]1O[C@H]1O[C@H](CO)[C@@H](O)[C@H](N)[C@H]1O. The Hall–Kier alpha value is -1.73. The third-order valence-electron chi connectivity index (χ3n) is 15.1. The van der Waals surface area contributed by atoms with Crippen molar-refractivity contribution in [2.24, 2.45) is 51.6 Å². The van der Waals surface area contributed by atoms with Gasteiger partial charge >= 0.3 is 0 Å². The molecule has 5 saturated heterocycles. The molecule has 7 fully saturated rings. The molecule has 7 rings (SSSR count). The fourth-order valence-electron chi connectivity index (χ4n) is 10.5. The van der Waals surface area contributed by atoms with Crippen LogP contribution in [0, 0.1) is 0 Å². The van der Waals surface area contributed by atoms with Crippen LogP contribution in [0.15, 0.2) is 0 Å². The average molecular weight is 1090 g/mol. The third-order valence-corrected chi connectivity index (χ3v) is 15.1. The lowest BCUT2D eigenvalue weighted by molar-refractivity contribution is -0.373. The van der Waals surface area contributed by atoms with E-state index >= 15 is 0 Å². The number of carbonyl (C=O) groups excluding carboxylic acids is 1. The summed E-state index contributed by atoms with van der Waals surface area (Å²) in [4.78, 5) is 12.6. The summed E-state index contributed by atoms with van der Waals surface area (Å²) in [6.07, 6.45) is -24.5. The fraction of sp³-hybridized carbons (Fsp3) is 0.977. The van der Waals surface area contributed by atoms with Gasteiger partial charge in [-0.05, 0) is 52.1 Å². The molecule has 31 N–H and O–H groups in total. The minimum atomic E-state index is -1.55. The van der Waals surface area contributed by atoms with Gasteiger partial charge < -0.3 is 161 Å². The van der Waals surface area contributed by atoms with Crippen LogP contribution in [0.25, 0.3) is 0 Å². The molecule has 32 nitrogen and oxygen atoms in total. The molecule has 0 radical (unpaired) electrons. The first kappa shape index (κ1) is 62.5. The van der Waals surface area contributed by atoms with Gasteiger partial charge in [-0.3, -0.25) is 4.79 Å². The van der Waals surface area contributed by atoms with E-state index in [1.54, 1.807) is 7.05 Å². The molecule has 0 bridgehead atoms. The van der Waals surface area contributed by atoms with Crippen LogP contribution in [0.3, 0.4) is 0 Å². The van der Waals surface area contributed by atoms with Gasteiger partial charge in [-0.25, -0.2) is 0 Å². The number of aliphatic hydroxyl groups excluding tert-OH is 11. The highest BCUT2D eigenvalue weighted by Gasteiger charge is 2.55. The molecule has 1 amide bonds. The maximum atomic E-state index is 12.6. The first-order valence-electron chi connectivity index (χ1n) is 25.4. The number of nitrogens with one attached hydrogen (secondary N) is 2. The number of carbonyl (C=O) groups is 1. The zero-order valence-electron chi connectivity index (χ0n) is 41.7. The van der Waals surface area contributed by atoms with E-state index in [9.17, 15) is 61.0 Å². The fourth-order valence-corrected chi connectivity index (χ4v) is 10.5. The maximum Gasteiger partial charge on any atom is 0.249 e. The molecule has 438 valence electrons. The van der Waals surface area contributed by atoms with Crippen molar-refractivity contribution in [3.8, 4) is 0 Å². The molecule has 7 aliphatic rings. The van der Waals surface area contributed by atoms with Crippen LogP contribution in [-0.2, 0) is 47.4 Å². The number of likely N-dealkylation sites (N-methyl/N-ethyl adjacent to an activating group) is 1. The minimum Gasteiger partial charge on any atom is -0.394 e. The first-order chi connectivity index (χ1) is 35.5. The van der Waals surface area contributed by atoms with Crippen molar-refractivity contribution in [2.75, 3.05) is 33.4 Å². The number of nitrogens with two attached hydrogens (primary N) is 9. The molecule has 0 aromatic rings. The van der Waals surface area contributed by atoms with Crippen molar-refractivity contribution in [3.63, 3.8) is 0 Å². The van der Waals surface area contributed by atoms with Gasteiger partial charge in [0.25, 0.3) is 0 Å². The Morgan fingerprint density at radius 1 is 0.560 bits per heavy atom.